The lowest BCUT2D eigenvalue weighted by Crippen LogP contribution is -2.04. The zero-order valence-electron chi connectivity index (χ0n) is 7.29. The molecule has 14 heavy (non-hydrogen) atoms. The Labute approximate surface area is 79.1 Å². The van der Waals surface area contributed by atoms with Crippen molar-refractivity contribution in [3.05, 3.63) is 23.2 Å². The van der Waals surface area contributed by atoms with Gasteiger partial charge in [-0.1, -0.05) is 0 Å². The van der Waals surface area contributed by atoms with Gasteiger partial charge in [0.15, 0.2) is 0 Å². The van der Waals surface area contributed by atoms with Crippen LogP contribution in [0.25, 0.3) is 4.85 Å². The molecular weight excluding hydrogens is 192 g/mol. The molecule has 1 heterocycles. The number of halogens is 2. The smallest absolute Gasteiger partial charge is 0.386 e. The maximum Gasteiger partial charge on any atom is 0.386 e. The van der Waals surface area contributed by atoms with E-state index in [-0.39, 0.29) is 22.9 Å². The molecule has 74 valence electrons. The zero-order valence-corrected chi connectivity index (χ0v) is 7.29. The van der Waals surface area contributed by atoms with Crippen molar-refractivity contribution in [3.63, 3.8) is 0 Å². The van der Waals surface area contributed by atoms with Gasteiger partial charge in [0, 0.05) is 6.07 Å². The van der Waals surface area contributed by atoms with Crippen LogP contribution in [0.5, 0.6) is 5.75 Å². The Bertz CT molecular complexity index is 387. The standard InChI is InChI=1S/C8H7F2N3O/c1-4-7(12-2)5(14-8(9)10)3-6(11)13-4/h3,8H,1H3,(H2,11,13). The van der Waals surface area contributed by atoms with E-state index in [0.717, 1.165) is 6.07 Å². The highest BCUT2D eigenvalue weighted by atomic mass is 19.3. The normalized spacial score (nSPS) is 9.93. The molecule has 4 nitrogen and oxygen atoms in total. The Morgan fingerprint density at radius 3 is 2.79 bits per heavy atom. The molecule has 2 N–H and O–H groups in total. The highest BCUT2D eigenvalue weighted by Crippen LogP contribution is 2.32. The Kier molecular flexibility index (Phi) is 2.82. The number of hydrogen-bond donors (Lipinski definition) is 1. The molecule has 0 aliphatic heterocycles. The van der Waals surface area contributed by atoms with Crippen molar-refractivity contribution in [2.45, 2.75) is 13.5 Å². The number of pyridine rings is 1. The van der Waals surface area contributed by atoms with Crippen molar-refractivity contribution >= 4 is 11.5 Å². The lowest BCUT2D eigenvalue weighted by molar-refractivity contribution is -0.0492. The molecule has 6 heteroatoms. The van der Waals surface area contributed by atoms with Gasteiger partial charge in [0.2, 0.25) is 5.69 Å². The number of hydrogen-bond acceptors (Lipinski definition) is 3. The molecular formula is C8H7F2N3O. The van der Waals surface area contributed by atoms with Crippen LogP contribution < -0.4 is 10.5 Å². The molecule has 0 amide bonds. The topological polar surface area (TPSA) is 52.5 Å². The summed E-state index contributed by atoms with van der Waals surface area (Å²) in [5.41, 5.74) is 5.55. The van der Waals surface area contributed by atoms with E-state index in [0.29, 0.717) is 0 Å². The summed E-state index contributed by atoms with van der Waals surface area (Å²) in [6, 6.07) is 1.10. The Morgan fingerprint density at radius 1 is 1.64 bits per heavy atom. The van der Waals surface area contributed by atoms with E-state index in [1.807, 2.05) is 0 Å². The summed E-state index contributed by atoms with van der Waals surface area (Å²) < 4.78 is 28.0. The van der Waals surface area contributed by atoms with Gasteiger partial charge >= 0.3 is 6.61 Å². The second-order valence-electron chi connectivity index (χ2n) is 2.47. The Hall–Kier alpha value is -1.90. The third-order valence-electron chi connectivity index (χ3n) is 1.48. The fourth-order valence-corrected chi connectivity index (χ4v) is 0.982. The molecule has 1 aromatic rings. The van der Waals surface area contributed by atoms with E-state index >= 15 is 0 Å². The van der Waals surface area contributed by atoms with Gasteiger partial charge in [-0.3, -0.25) is 0 Å². The maximum atomic E-state index is 11.9. The first-order valence-corrected chi connectivity index (χ1v) is 3.64. The lowest BCUT2D eigenvalue weighted by atomic mass is 10.3. The number of ether oxygens (including phenoxy) is 1. The molecule has 0 aromatic carbocycles. The minimum Gasteiger partial charge on any atom is -0.446 e. The van der Waals surface area contributed by atoms with Crippen LogP contribution in [0.15, 0.2) is 6.07 Å². The summed E-state index contributed by atoms with van der Waals surface area (Å²) in [7, 11) is 0. The summed E-state index contributed by atoms with van der Waals surface area (Å²) in [5.74, 6) is -0.189. The van der Waals surface area contributed by atoms with E-state index in [2.05, 4.69) is 14.6 Å². The minimum atomic E-state index is -2.98. The van der Waals surface area contributed by atoms with Crippen LogP contribution in [-0.2, 0) is 0 Å². The molecule has 0 aliphatic carbocycles. The first-order chi connectivity index (χ1) is 6.54. The number of nitrogens with zero attached hydrogens (tertiary/aromatic N) is 2. The number of aryl methyl sites for hydroxylation is 1. The van der Waals surface area contributed by atoms with Crippen molar-refractivity contribution in [1.82, 2.24) is 4.98 Å². The highest BCUT2D eigenvalue weighted by molar-refractivity contribution is 5.63. The van der Waals surface area contributed by atoms with Crippen LogP contribution in [-0.4, -0.2) is 11.6 Å². The van der Waals surface area contributed by atoms with Gasteiger partial charge in [0.05, 0.1) is 12.3 Å². The second-order valence-corrected chi connectivity index (χ2v) is 2.47. The third kappa shape index (κ3) is 2.07. The van der Waals surface area contributed by atoms with Gasteiger partial charge in [-0.15, -0.1) is 0 Å². The van der Waals surface area contributed by atoms with Gasteiger partial charge in [0.1, 0.15) is 11.6 Å². The van der Waals surface area contributed by atoms with Crippen molar-refractivity contribution in [2.24, 2.45) is 0 Å². The number of nitrogen functional groups attached to an aromatic ring is 1. The van der Waals surface area contributed by atoms with Gasteiger partial charge < -0.3 is 10.5 Å². The van der Waals surface area contributed by atoms with Crippen LogP contribution >= 0.6 is 0 Å². The number of alkyl halides is 2. The molecule has 0 saturated heterocycles. The molecule has 0 atom stereocenters. The predicted molar refractivity (Wildman–Crippen MR) is 46.3 cm³/mol. The first-order valence-electron chi connectivity index (χ1n) is 3.64. The predicted octanol–water partition coefficient (Wildman–Crippen LogP) is 2.12. The molecule has 0 saturated carbocycles. The third-order valence-corrected chi connectivity index (χ3v) is 1.48. The van der Waals surface area contributed by atoms with Crippen molar-refractivity contribution in [2.75, 3.05) is 5.73 Å². The zero-order chi connectivity index (χ0) is 10.7. The minimum absolute atomic E-state index is 0.0421. The molecule has 0 spiro atoms. The van der Waals surface area contributed by atoms with E-state index in [9.17, 15) is 8.78 Å². The summed E-state index contributed by atoms with van der Waals surface area (Å²) in [4.78, 5) is 6.79. The fraction of sp³-hybridized carbons (Fsp3) is 0.250. The maximum absolute atomic E-state index is 11.9. The summed E-state index contributed by atoms with van der Waals surface area (Å²) in [6.45, 7) is 5.29. The average Bonchev–Trinajstić information content (AvgIpc) is 2.01. The van der Waals surface area contributed by atoms with Crippen LogP contribution in [0.4, 0.5) is 20.3 Å². The number of nitrogens with two attached hydrogens (primary N) is 1. The molecule has 0 unspecified atom stereocenters. The van der Waals surface area contributed by atoms with Crippen molar-refractivity contribution < 1.29 is 13.5 Å². The number of rotatable bonds is 2. The first kappa shape index (κ1) is 10.2. The van der Waals surface area contributed by atoms with Gasteiger partial charge in [-0.2, -0.15) is 8.78 Å². The van der Waals surface area contributed by atoms with Crippen molar-refractivity contribution in [3.8, 4) is 5.75 Å². The van der Waals surface area contributed by atoms with Crippen LogP contribution in [0.2, 0.25) is 0 Å². The molecule has 0 bridgehead atoms. The summed E-state index contributed by atoms with van der Waals surface area (Å²) >= 11 is 0. The molecule has 0 fully saturated rings. The van der Waals surface area contributed by atoms with Crippen LogP contribution in [0.1, 0.15) is 5.69 Å². The Morgan fingerprint density at radius 2 is 2.29 bits per heavy atom. The van der Waals surface area contributed by atoms with Gasteiger partial charge in [-0.05, 0) is 6.92 Å². The highest BCUT2D eigenvalue weighted by Gasteiger charge is 2.13. The van der Waals surface area contributed by atoms with E-state index in [1.165, 1.54) is 6.92 Å². The number of aromatic nitrogens is 1. The lowest BCUT2D eigenvalue weighted by Gasteiger charge is -2.08. The van der Waals surface area contributed by atoms with E-state index in [4.69, 9.17) is 12.3 Å². The molecule has 1 rings (SSSR count). The summed E-state index contributed by atoms with van der Waals surface area (Å²) in [6.07, 6.45) is 0. The summed E-state index contributed by atoms with van der Waals surface area (Å²) in [5, 5.41) is 0. The average molecular weight is 199 g/mol. The Balaban J connectivity index is 3.20. The van der Waals surface area contributed by atoms with Gasteiger partial charge in [0.25, 0.3) is 0 Å². The molecule has 1 aromatic heterocycles. The van der Waals surface area contributed by atoms with E-state index < -0.39 is 6.61 Å². The van der Waals surface area contributed by atoms with Crippen LogP contribution in [0.3, 0.4) is 0 Å². The number of anilines is 1. The fourth-order valence-electron chi connectivity index (χ4n) is 0.982. The SMILES string of the molecule is [C-]#[N+]c1c(OC(F)F)cc(N)nc1C. The quantitative estimate of drug-likeness (QED) is 0.742. The van der Waals surface area contributed by atoms with Gasteiger partial charge in [-0.25, -0.2) is 9.83 Å². The largest absolute Gasteiger partial charge is 0.446 e. The monoisotopic (exact) mass is 199 g/mol. The van der Waals surface area contributed by atoms with Crippen molar-refractivity contribution in [1.29, 1.82) is 0 Å². The molecule has 0 aliphatic rings. The molecule has 0 radical (unpaired) electrons. The van der Waals surface area contributed by atoms with E-state index in [1.54, 1.807) is 0 Å². The second kappa shape index (κ2) is 3.87. The van der Waals surface area contributed by atoms with Crippen LogP contribution in [0, 0.1) is 13.5 Å².